The van der Waals surface area contributed by atoms with Gasteiger partial charge in [0.15, 0.2) is 0 Å². The van der Waals surface area contributed by atoms with E-state index in [9.17, 15) is 27.2 Å². The number of nitrogens with one attached hydrogen (secondary N) is 2. The Morgan fingerprint density at radius 2 is 1.86 bits per heavy atom. The van der Waals surface area contributed by atoms with Crippen molar-refractivity contribution in [2.75, 3.05) is 18.5 Å². The van der Waals surface area contributed by atoms with E-state index in [4.69, 9.17) is 16.3 Å². The summed E-state index contributed by atoms with van der Waals surface area (Å²) in [5.41, 5.74) is -0.331. The highest BCUT2D eigenvalue weighted by Gasteiger charge is 2.28. The van der Waals surface area contributed by atoms with E-state index in [1.165, 1.54) is 6.92 Å². The summed E-state index contributed by atoms with van der Waals surface area (Å²) >= 11 is 5.93. The number of halogens is 5. The Bertz CT molecular complexity index is 904. The lowest BCUT2D eigenvalue weighted by molar-refractivity contribution is -0.123. The molecule has 0 radical (unpaired) electrons. The van der Waals surface area contributed by atoms with E-state index in [1.807, 2.05) is 0 Å². The van der Waals surface area contributed by atoms with Crippen LogP contribution >= 0.6 is 11.6 Å². The van der Waals surface area contributed by atoms with Crippen LogP contribution < -0.4 is 15.4 Å². The molecule has 0 bridgehead atoms. The first-order valence-corrected chi connectivity index (χ1v) is 8.77. The monoisotopic (exact) mass is 432 g/mol. The van der Waals surface area contributed by atoms with E-state index in [2.05, 4.69) is 5.32 Å². The number of anilines is 1. The second-order valence-electron chi connectivity index (χ2n) is 6.01. The molecule has 156 valence electrons. The Kier molecular flexibility index (Phi) is 7.44. The zero-order valence-electron chi connectivity index (χ0n) is 15.2. The topological polar surface area (TPSA) is 67.4 Å². The Balaban J connectivity index is 2.00. The molecule has 0 unspecified atom stereocenters. The number of amides is 2. The van der Waals surface area contributed by atoms with Gasteiger partial charge in [-0.2, -0.15) is 13.2 Å². The van der Waals surface area contributed by atoms with Crippen molar-refractivity contribution in [1.82, 2.24) is 5.32 Å². The van der Waals surface area contributed by atoms with Crippen LogP contribution in [0.5, 0.6) is 5.75 Å². The Morgan fingerprint density at radius 1 is 1.17 bits per heavy atom. The molecular formula is C19H17ClF4N2O3. The molecule has 0 aliphatic rings. The Hall–Kier alpha value is -2.81. The smallest absolute Gasteiger partial charge is 0.405 e. The van der Waals surface area contributed by atoms with Crippen LogP contribution in [0.3, 0.4) is 0 Å². The van der Waals surface area contributed by atoms with Crippen LogP contribution in [0.1, 0.15) is 22.3 Å². The van der Waals surface area contributed by atoms with Crippen LogP contribution in [0.4, 0.5) is 23.2 Å². The fraction of sp³-hybridized carbons (Fsp3) is 0.263. The van der Waals surface area contributed by atoms with E-state index in [-0.39, 0.29) is 29.8 Å². The molecule has 2 aromatic carbocycles. The highest BCUT2D eigenvalue weighted by Crippen LogP contribution is 2.24. The third kappa shape index (κ3) is 6.94. The van der Waals surface area contributed by atoms with Gasteiger partial charge >= 0.3 is 6.18 Å². The molecular weight excluding hydrogens is 416 g/mol. The van der Waals surface area contributed by atoms with Gasteiger partial charge in [0.2, 0.25) is 5.91 Å². The third-order valence-electron chi connectivity index (χ3n) is 3.75. The highest BCUT2D eigenvalue weighted by atomic mass is 35.5. The minimum absolute atomic E-state index is 0.0111. The molecule has 0 atom stereocenters. The van der Waals surface area contributed by atoms with E-state index in [0.29, 0.717) is 10.8 Å². The number of benzene rings is 2. The van der Waals surface area contributed by atoms with Crippen molar-refractivity contribution in [2.45, 2.75) is 19.5 Å². The summed E-state index contributed by atoms with van der Waals surface area (Å²) in [4.78, 5) is 23.9. The highest BCUT2D eigenvalue weighted by molar-refractivity contribution is 6.32. The number of para-hydroxylation sites is 1. The van der Waals surface area contributed by atoms with Crippen molar-refractivity contribution in [1.29, 1.82) is 0 Å². The first kappa shape index (κ1) is 22.5. The fourth-order valence-corrected chi connectivity index (χ4v) is 2.44. The second-order valence-corrected chi connectivity index (χ2v) is 6.41. The molecule has 0 aromatic heterocycles. The first-order chi connectivity index (χ1) is 13.6. The van der Waals surface area contributed by atoms with Crippen molar-refractivity contribution in [2.24, 2.45) is 0 Å². The number of hydrogen-bond acceptors (Lipinski definition) is 3. The van der Waals surface area contributed by atoms with Gasteiger partial charge in [-0.3, -0.25) is 9.59 Å². The largest absolute Gasteiger partial charge is 0.491 e. The van der Waals surface area contributed by atoms with Crippen LogP contribution in [0.2, 0.25) is 5.02 Å². The molecule has 10 heteroatoms. The maximum absolute atomic E-state index is 14.0. The van der Waals surface area contributed by atoms with Gasteiger partial charge in [0.25, 0.3) is 5.91 Å². The van der Waals surface area contributed by atoms with Gasteiger partial charge in [-0.1, -0.05) is 23.7 Å². The fourth-order valence-electron chi connectivity index (χ4n) is 2.25. The molecule has 0 aliphatic heterocycles. The van der Waals surface area contributed by atoms with E-state index in [0.717, 1.165) is 12.1 Å². The van der Waals surface area contributed by atoms with Crippen molar-refractivity contribution >= 4 is 29.1 Å². The second kappa shape index (κ2) is 9.60. The minimum atomic E-state index is -4.60. The summed E-state index contributed by atoms with van der Waals surface area (Å²) < 4.78 is 56.1. The van der Waals surface area contributed by atoms with Crippen LogP contribution in [0, 0.1) is 12.7 Å². The summed E-state index contributed by atoms with van der Waals surface area (Å²) in [6.07, 6.45) is -4.70. The normalized spacial score (nSPS) is 11.1. The summed E-state index contributed by atoms with van der Waals surface area (Å²) in [7, 11) is 0. The molecule has 0 spiro atoms. The molecule has 0 saturated carbocycles. The van der Waals surface area contributed by atoms with Gasteiger partial charge in [-0.05, 0) is 31.2 Å². The zero-order valence-corrected chi connectivity index (χ0v) is 16.0. The average molecular weight is 433 g/mol. The minimum Gasteiger partial charge on any atom is -0.491 e. The number of alkyl halides is 3. The third-order valence-corrected chi connectivity index (χ3v) is 4.07. The predicted molar refractivity (Wildman–Crippen MR) is 99.7 cm³/mol. The van der Waals surface area contributed by atoms with Crippen molar-refractivity contribution < 1.29 is 31.9 Å². The summed E-state index contributed by atoms with van der Waals surface area (Å²) in [6.45, 7) is -0.201. The van der Waals surface area contributed by atoms with Gasteiger partial charge < -0.3 is 15.4 Å². The lowest BCUT2D eigenvalue weighted by Gasteiger charge is -2.13. The molecule has 2 rings (SSSR count). The van der Waals surface area contributed by atoms with Gasteiger partial charge in [-0.25, -0.2) is 4.39 Å². The number of carbonyl (C=O) groups is 2. The van der Waals surface area contributed by atoms with Gasteiger partial charge in [0.05, 0.1) is 18.1 Å². The molecule has 5 nitrogen and oxygen atoms in total. The maximum atomic E-state index is 14.0. The number of carbonyl (C=O) groups excluding carboxylic acids is 2. The molecule has 0 heterocycles. The standard InChI is InChI=1S/C19H17ClF4N2O3/c1-11-14(21)8-12(18(28)25-10-19(22,23)24)9-15(11)26-17(27)6-7-29-16-5-3-2-4-13(16)20/h2-5,8-9H,6-7,10H2,1H3,(H,25,28)(H,26,27). The van der Waals surface area contributed by atoms with E-state index >= 15 is 0 Å². The number of hydrogen-bond donors (Lipinski definition) is 2. The van der Waals surface area contributed by atoms with Crippen molar-refractivity contribution in [3.05, 3.63) is 58.4 Å². The van der Waals surface area contributed by atoms with E-state index < -0.39 is 30.4 Å². The zero-order chi connectivity index (χ0) is 21.6. The predicted octanol–water partition coefficient (Wildman–Crippen LogP) is 4.49. The van der Waals surface area contributed by atoms with Crippen LogP contribution in [-0.4, -0.2) is 31.1 Å². The van der Waals surface area contributed by atoms with Gasteiger partial charge in [-0.15, -0.1) is 0 Å². The lowest BCUT2D eigenvalue weighted by atomic mass is 10.1. The van der Waals surface area contributed by atoms with Crippen molar-refractivity contribution in [3.63, 3.8) is 0 Å². The van der Waals surface area contributed by atoms with Gasteiger partial charge in [0, 0.05) is 16.8 Å². The Labute approximate surface area is 169 Å². The molecule has 29 heavy (non-hydrogen) atoms. The molecule has 0 saturated heterocycles. The van der Waals surface area contributed by atoms with Crippen LogP contribution in [0.15, 0.2) is 36.4 Å². The maximum Gasteiger partial charge on any atom is 0.405 e. The Morgan fingerprint density at radius 3 is 2.52 bits per heavy atom. The van der Waals surface area contributed by atoms with Gasteiger partial charge in [0.1, 0.15) is 18.1 Å². The van der Waals surface area contributed by atoms with E-state index in [1.54, 1.807) is 29.6 Å². The molecule has 0 aliphatic carbocycles. The quantitative estimate of drug-likeness (QED) is 0.634. The molecule has 0 fully saturated rings. The van der Waals surface area contributed by atoms with Crippen molar-refractivity contribution in [3.8, 4) is 5.75 Å². The van der Waals surface area contributed by atoms with Crippen LogP contribution in [-0.2, 0) is 4.79 Å². The average Bonchev–Trinajstić information content (AvgIpc) is 2.64. The summed E-state index contributed by atoms with van der Waals surface area (Å²) in [6, 6.07) is 8.59. The SMILES string of the molecule is Cc1c(F)cc(C(=O)NCC(F)(F)F)cc1NC(=O)CCOc1ccccc1Cl. The number of rotatable bonds is 7. The molecule has 2 N–H and O–H groups in total. The summed E-state index contributed by atoms with van der Waals surface area (Å²) in [5, 5.41) is 4.45. The lowest BCUT2D eigenvalue weighted by Crippen LogP contribution is -2.33. The summed E-state index contributed by atoms with van der Waals surface area (Å²) in [5.74, 6) is -2.09. The molecule has 2 aromatic rings. The molecule has 2 amide bonds. The number of ether oxygens (including phenoxy) is 1. The first-order valence-electron chi connectivity index (χ1n) is 8.39. The van der Waals surface area contributed by atoms with Crippen LogP contribution in [0.25, 0.3) is 0 Å².